The van der Waals surface area contributed by atoms with Crippen molar-refractivity contribution in [3.63, 3.8) is 0 Å². The summed E-state index contributed by atoms with van der Waals surface area (Å²) in [7, 11) is 0. The SMILES string of the molecule is CCC(C)C(NC(=O)[C@H]1CCC[C@H]1C(=O)O)C(=O)NCC(=O)N1c2ccccc2C[C@H]1C(=O)NCc1nn[nH]n1. The van der Waals surface area contributed by atoms with Crippen LogP contribution in [-0.4, -0.2) is 74.0 Å². The summed E-state index contributed by atoms with van der Waals surface area (Å²) < 4.78 is 0. The average Bonchev–Trinajstić information content (AvgIpc) is 3.72. The van der Waals surface area contributed by atoms with Gasteiger partial charge in [0.05, 0.1) is 24.9 Å². The van der Waals surface area contributed by atoms with Crippen LogP contribution < -0.4 is 20.9 Å². The fourth-order valence-corrected chi connectivity index (χ4v) is 5.33. The van der Waals surface area contributed by atoms with Gasteiger partial charge in [0.1, 0.15) is 12.1 Å². The number of fused-ring (bicyclic) bond motifs is 1. The predicted octanol–water partition coefficient (Wildman–Crippen LogP) is -0.0782. The number of hydrogen-bond donors (Lipinski definition) is 5. The third-order valence-corrected chi connectivity index (χ3v) is 7.73. The maximum absolute atomic E-state index is 13.4. The van der Waals surface area contributed by atoms with Gasteiger partial charge in [-0.15, -0.1) is 10.2 Å². The molecule has 214 valence electrons. The first-order valence-electron chi connectivity index (χ1n) is 13.4. The molecule has 0 spiro atoms. The molecule has 5 N–H and O–H groups in total. The lowest BCUT2D eigenvalue weighted by Crippen LogP contribution is -2.55. The number of carbonyl (C=O) groups excluding carboxylic acids is 4. The molecule has 4 rings (SSSR count). The highest BCUT2D eigenvalue weighted by Crippen LogP contribution is 2.33. The second-order valence-electron chi connectivity index (χ2n) is 10.2. The highest BCUT2D eigenvalue weighted by molar-refractivity contribution is 6.05. The Morgan fingerprint density at radius 1 is 1.10 bits per heavy atom. The molecule has 40 heavy (non-hydrogen) atoms. The first kappa shape index (κ1) is 28.6. The molecular formula is C26H34N8O6. The number of para-hydroxylation sites is 1. The maximum Gasteiger partial charge on any atom is 0.307 e. The zero-order valence-electron chi connectivity index (χ0n) is 22.4. The Balaban J connectivity index is 1.42. The molecule has 0 saturated heterocycles. The van der Waals surface area contributed by atoms with Gasteiger partial charge in [0.25, 0.3) is 0 Å². The van der Waals surface area contributed by atoms with Crippen LogP contribution in [0, 0.1) is 17.8 Å². The number of nitrogens with one attached hydrogen (secondary N) is 4. The molecule has 1 fully saturated rings. The van der Waals surface area contributed by atoms with Gasteiger partial charge in [-0.05, 0) is 30.4 Å². The van der Waals surface area contributed by atoms with Gasteiger partial charge >= 0.3 is 5.97 Å². The first-order valence-corrected chi connectivity index (χ1v) is 13.4. The lowest BCUT2D eigenvalue weighted by molar-refractivity contribution is -0.146. The fraction of sp³-hybridized carbons (Fsp3) is 0.538. The second kappa shape index (κ2) is 12.7. The third-order valence-electron chi connectivity index (χ3n) is 7.73. The van der Waals surface area contributed by atoms with E-state index in [4.69, 9.17) is 0 Å². The standard InChI is InChI=1S/C26H34N8O6/c1-3-14(2)22(29-23(36)16-8-6-9-17(16)26(39)40)25(38)28-13-21(35)34-18-10-5-4-7-15(18)11-19(34)24(37)27-12-20-30-32-33-31-20/h4-5,7,10,14,16-17,19,22H,3,6,8-9,11-13H2,1-2H3,(H,27,37)(H,28,38)(H,29,36)(H,39,40)(H,30,31,32,33)/t14?,16-,17+,19-,22?/m0/s1. The number of aromatic nitrogens is 4. The Labute approximate surface area is 230 Å². The van der Waals surface area contributed by atoms with Gasteiger partial charge in [0.15, 0.2) is 5.82 Å². The lowest BCUT2D eigenvalue weighted by Gasteiger charge is -2.27. The van der Waals surface area contributed by atoms with Gasteiger partial charge in [0, 0.05) is 12.1 Å². The predicted molar refractivity (Wildman–Crippen MR) is 140 cm³/mol. The summed E-state index contributed by atoms with van der Waals surface area (Å²) in [6, 6.07) is 5.38. The van der Waals surface area contributed by atoms with Gasteiger partial charge in [-0.25, -0.2) is 0 Å². The molecule has 1 aromatic heterocycles. The molecule has 1 aliphatic carbocycles. The van der Waals surface area contributed by atoms with Crippen LogP contribution in [0.3, 0.4) is 0 Å². The monoisotopic (exact) mass is 554 g/mol. The van der Waals surface area contributed by atoms with Crippen molar-refractivity contribution in [3.8, 4) is 0 Å². The molecule has 0 bridgehead atoms. The number of carboxylic acids is 1. The van der Waals surface area contributed by atoms with E-state index in [0.717, 1.165) is 5.56 Å². The van der Waals surface area contributed by atoms with E-state index in [-0.39, 0.29) is 12.5 Å². The number of carbonyl (C=O) groups is 5. The van der Waals surface area contributed by atoms with Gasteiger partial charge in [0.2, 0.25) is 23.6 Å². The molecule has 14 nitrogen and oxygen atoms in total. The van der Waals surface area contributed by atoms with Crippen molar-refractivity contribution in [2.75, 3.05) is 11.4 Å². The number of nitrogens with zero attached hydrogens (tertiary/aromatic N) is 4. The third kappa shape index (κ3) is 6.26. The van der Waals surface area contributed by atoms with E-state index in [2.05, 4.69) is 36.6 Å². The molecule has 14 heteroatoms. The molecule has 1 aromatic carbocycles. The molecule has 5 atom stereocenters. The number of hydrogen-bond acceptors (Lipinski definition) is 8. The maximum atomic E-state index is 13.4. The van der Waals surface area contributed by atoms with Crippen LogP contribution in [0.25, 0.3) is 0 Å². The molecule has 4 amide bonds. The normalized spacial score (nSPS) is 21.2. The van der Waals surface area contributed by atoms with Gasteiger partial charge < -0.3 is 21.1 Å². The molecule has 0 radical (unpaired) electrons. The number of rotatable bonds is 11. The summed E-state index contributed by atoms with van der Waals surface area (Å²) in [4.78, 5) is 65.5. The molecule has 2 aromatic rings. The molecule has 1 aliphatic heterocycles. The minimum Gasteiger partial charge on any atom is -0.481 e. The van der Waals surface area contributed by atoms with Crippen LogP contribution in [-0.2, 0) is 36.9 Å². The number of H-pyrrole nitrogens is 1. The molecular weight excluding hydrogens is 520 g/mol. The van der Waals surface area contributed by atoms with Crippen LogP contribution in [0.1, 0.15) is 50.9 Å². The van der Waals surface area contributed by atoms with Gasteiger partial charge in [-0.2, -0.15) is 5.21 Å². The molecule has 1 saturated carbocycles. The number of tetrazole rings is 1. The largest absolute Gasteiger partial charge is 0.481 e. The number of amides is 4. The number of benzene rings is 1. The zero-order valence-corrected chi connectivity index (χ0v) is 22.4. The summed E-state index contributed by atoms with van der Waals surface area (Å²) in [5, 5.41) is 30.9. The van der Waals surface area contributed by atoms with Crippen molar-refractivity contribution >= 4 is 35.3 Å². The summed E-state index contributed by atoms with van der Waals surface area (Å²) in [5.41, 5.74) is 1.39. The minimum atomic E-state index is -1.02. The Hall–Kier alpha value is -4.36. The Bertz CT molecular complexity index is 1250. The summed E-state index contributed by atoms with van der Waals surface area (Å²) in [5.74, 6) is -4.39. The summed E-state index contributed by atoms with van der Waals surface area (Å²) in [6.07, 6.45) is 2.36. The molecule has 2 heterocycles. The van der Waals surface area contributed by atoms with Crippen molar-refractivity contribution in [2.24, 2.45) is 17.8 Å². The van der Waals surface area contributed by atoms with Crippen molar-refractivity contribution in [1.82, 2.24) is 36.6 Å². The fourth-order valence-electron chi connectivity index (χ4n) is 5.33. The van der Waals surface area contributed by atoms with E-state index in [1.165, 1.54) is 4.90 Å². The van der Waals surface area contributed by atoms with E-state index in [1.807, 2.05) is 19.1 Å². The molecule has 2 aliphatic rings. The highest BCUT2D eigenvalue weighted by Gasteiger charge is 2.41. The van der Waals surface area contributed by atoms with Crippen molar-refractivity contribution in [3.05, 3.63) is 35.7 Å². The van der Waals surface area contributed by atoms with E-state index in [9.17, 15) is 29.1 Å². The number of aliphatic carboxylic acids is 1. The van der Waals surface area contributed by atoms with E-state index >= 15 is 0 Å². The first-order chi connectivity index (χ1) is 19.2. The Morgan fingerprint density at radius 2 is 1.85 bits per heavy atom. The van der Waals surface area contributed by atoms with Crippen molar-refractivity contribution < 1.29 is 29.1 Å². The van der Waals surface area contributed by atoms with Crippen LogP contribution in [0.4, 0.5) is 5.69 Å². The minimum absolute atomic E-state index is 0.0287. The topological polar surface area (TPSA) is 199 Å². The summed E-state index contributed by atoms with van der Waals surface area (Å²) >= 11 is 0. The Kier molecular flexibility index (Phi) is 9.07. The quantitative estimate of drug-likeness (QED) is 0.252. The van der Waals surface area contributed by atoms with Crippen LogP contribution in [0.15, 0.2) is 24.3 Å². The van der Waals surface area contributed by atoms with Crippen molar-refractivity contribution in [2.45, 2.75) is 64.6 Å². The zero-order chi connectivity index (χ0) is 28.8. The van der Waals surface area contributed by atoms with E-state index in [1.54, 1.807) is 19.1 Å². The smallest absolute Gasteiger partial charge is 0.307 e. The summed E-state index contributed by atoms with van der Waals surface area (Å²) in [6.45, 7) is 3.31. The highest BCUT2D eigenvalue weighted by atomic mass is 16.4. The van der Waals surface area contributed by atoms with Crippen molar-refractivity contribution in [1.29, 1.82) is 0 Å². The van der Waals surface area contributed by atoms with Crippen LogP contribution in [0.2, 0.25) is 0 Å². The van der Waals surface area contributed by atoms with Gasteiger partial charge in [-0.3, -0.25) is 28.9 Å². The number of aromatic amines is 1. The molecule has 2 unspecified atom stereocenters. The lowest BCUT2D eigenvalue weighted by atomic mass is 9.93. The number of carboxylic acid groups (broad SMARTS) is 1. The Morgan fingerprint density at radius 3 is 2.55 bits per heavy atom. The van der Waals surface area contributed by atoms with Crippen LogP contribution in [0.5, 0.6) is 0 Å². The van der Waals surface area contributed by atoms with E-state index < -0.39 is 60.1 Å². The van der Waals surface area contributed by atoms with Crippen LogP contribution >= 0.6 is 0 Å². The van der Waals surface area contributed by atoms with E-state index in [0.29, 0.717) is 43.6 Å². The van der Waals surface area contributed by atoms with Gasteiger partial charge in [-0.1, -0.05) is 50.1 Å². The number of anilines is 1. The second-order valence-corrected chi connectivity index (χ2v) is 10.2. The average molecular weight is 555 g/mol.